The van der Waals surface area contributed by atoms with Crippen LogP contribution in [0.5, 0.6) is 0 Å². The highest BCUT2D eigenvalue weighted by Crippen LogP contribution is 2.07. The first kappa shape index (κ1) is 9.32. The second kappa shape index (κ2) is 3.16. The molecule has 0 unspecified atom stereocenters. The summed E-state index contributed by atoms with van der Waals surface area (Å²) in [6.45, 7) is 1.79. The second-order valence-electron chi connectivity index (χ2n) is 3.09. The van der Waals surface area contributed by atoms with E-state index < -0.39 is 16.2 Å². The Hall–Kier alpha value is -2.24. The first-order valence-corrected chi connectivity index (χ1v) is 4.22. The molecule has 76 valence electrons. The van der Waals surface area contributed by atoms with Gasteiger partial charge in [-0.1, -0.05) is 6.07 Å². The molecule has 2 aromatic heterocycles. The third kappa shape index (κ3) is 1.35. The molecular weight excluding hydrogens is 198 g/mol. The Balaban J connectivity index is 2.92. The molecule has 15 heavy (non-hydrogen) atoms. The maximum atomic E-state index is 11.6. The lowest BCUT2D eigenvalue weighted by Gasteiger charge is -2.01. The maximum Gasteiger partial charge on any atom is 0.352 e. The predicted octanol–water partition coefficient (Wildman–Crippen LogP) is 0.911. The molecule has 2 aromatic rings. The molecule has 0 radical (unpaired) electrons. The molecule has 0 N–H and O–H groups in total. The number of nitro groups is 1. The minimum absolute atomic E-state index is 0.438. The molecule has 0 aromatic carbocycles. The highest BCUT2D eigenvalue weighted by atomic mass is 16.6. The van der Waals surface area contributed by atoms with E-state index in [1.165, 1.54) is 10.6 Å². The summed E-state index contributed by atoms with van der Waals surface area (Å²) in [7, 11) is 0. The van der Waals surface area contributed by atoms with E-state index >= 15 is 0 Å². The number of fused-ring (bicyclic) bond motifs is 1. The Morgan fingerprint density at radius 1 is 1.53 bits per heavy atom. The van der Waals surface area contributed by atoms with Crippen LogP contribution in [0.15, 0.2) is 29.3 Å². The minimum Gasteiger partial charge on any atom is -0.262 e. The van der Waals surface area contributed by atoms with E-state index in [1.54, 1.807) is 19.1 Å². The number of pyridine rings is 1. The molecule has 0 amide bonds. The highest BCUT2D eigenvalue weighted by Gasteiger charge is 2.14. The van der Waals surface area contributed by atoms with Crippen molar-refractivity contribution in [3.05, 3.63) is 50.6 Å². The Kier molecular flexibility index (Phi) is 1.96. The molecule has 0 fully saturated rings. The zero-order chi connectivity index (χ0) is 11.0. The van der Waals surface area contributed by atoms with Crippen molar-refractivity contribution in [3.63, 3.8) is 0 Å². The molecule has 6 nitrogen and oxygen atoms in total. The fraction of sp³-hybridized carbons (Fsp3) is 0.111. The van der Waals surface area contributed by atoms with Gasteiger partial charge in [-0.05, 0) is 18.6 Å². The number of aromatic nitrogens is 2. The number of hydrogen-bond acceptors (Lipinski definition) is 4. The van der Waals surface area contributed by atoms with Crippen LogP contribution in [0.25, 0.3) is 5.65 Å². The largest absolute Gasteiger partial charge is 0.352 e. The van der Waals surface area contributed by atoms with Gasteiger partial charge >= 0.3 is 11.2 Å². The summed E-state index contributed by atoms with van der Waals surface area (Å²) in [5, 5.41) is 10.5. The Morgan fingerprint density at radius 2 is 2.27 bits per heavy atom. The quantitative estimate of drug-likeness (QED) is 0.512. The van der Waals surface area contributed by atoms with Crippen LogP contribution in [0.4, 0.5) is 5.69 Å². The van der Waals surface area contributed by atoms with Crippen molar-refractivity contribution in [2.45, 2.75) is 6.92 Å². The summed E-state index contributed by atoms with van der Waals surface area (Å²) in [4.78, 5) is 25.3. The third-order valence-electron chi connectivity index (χ3n) is 2.11. The highest BCUT2D eigenvalue weighted by molar-refractivity contribution is 5.48. The topological polar surface area (TPSA) is 77.5 Å². The molecule has 0 aliphatic heterocycles. The Morgan fingerprint density at radius 3 is 2.93 bits per heavy atom. The van der Waals surface area contributed by atoms with Crippen LogP contribution >= 0.6 is 0 Å². The van der Waals surface area contributed by atoms with E-state index in [0.717, 1.165) is 11.8 Å². The van der Waals surface area contributed by atoms with Crippen LogP contribution in [0.3, 0.4) is 0 Å². The minimum atomic E-state index is -0.732. The van der Waals surface area contributed by atoms with Gasteiger partial charge in [-0.25, -0.2) is 4.98 Å². The van der Waals surface area contributed by atoms with Gasteiger partial charge in [0.15, 0.2) is 0 Å². The van der Waals surface area contributed by atoms with Crippen molar-refractivity contribution >= 4 is 11.3 Å². The van der Waals surface area contributed by atoms with Crippen molar-refractivity contribution in [3.8, 4) is 0 Å². The standard InChI is InChI=1S/C9H7N3O3/c1-6-3-2-4-11-8(6)10-5-7(9(11)13)12(14)15/h2-5H,1H3. The Labute approximate surface area is 84.0 Å². The van der Waals surface area contributed by atoms with Gasteiger partial charge in [-0.3, -0.25) is 19.3 Å². The maximum absolute atomic E-state index is 11.6. The van der Waals surface area contributed by atoms with E-state index in [2.05, 4.69) is 4.98 Å². The summed E-state index contributed by atoms with van der Waals surface area (Å²) >= 11 is 0. The SMILES string of the molecule is Cc1cccn2c(=O)c([N+](=O)[O-])cnc12. The normalized spacial score (nSPS) is 10.5. The molecule has 2 rings (SSSR count). The molecule has 6 heteroatoms. The van der Waals surface area contributed by atoms with Crippen LogP contribution < -0.4 is 5.56 Å². The molecule has 0 bridgehead atoms. The van der Waals surface area contributed by atoms with Gasteiger partial charge < -0.3 is 0 Å². The van der Waals surface area contributed by atoms with E-state index in [-0.39, 0.29) is 0 Å². The molecule has 2 heterocycles. The van der Waals surface area contributed by atoms with Crippen molar-refractivity contribution in [2.24, 2.45) is 0 Å². The van der Waals surface area contributed by atoms with E-state index in [4.69, 9.17) is 0 Å². The van der Waals surface area contributed by atoms with Crippen molar-refractivity contribution in [1.82, 2.24) is 9.38 Å². The van der Waals surface area contributed by atoms with Crippen LogP contribution in [-0.4, -0.2) is 14.3 Å². The van der Waals surface area contributed by atoms with Crippen molar-refractivity contribution < 1.29 is 4.92 Å². The van der Waals surface area contributed by atoms with Gasteiger partial charge in [0.05, 0.1) is 4.92 Å². The average molecular weight is 205 g/mol. The van der Waals surface area contributed by atoms with E-state index in [9.17, 15) is 14.9 Å². The average Bonchev–Trinajstić information content (AvgIpc) is 2.19. The summed E-state index contributed by atoms with van der Waals surface area (Å²) in [5.74, 6) is 0. The molecule has 0 atom stereocenters. The fourth-order valence-electron chi connectivity index (χ4n) is 1.36. The summed E-state index contributed by atoms with van der Waals surface area (Å²) in [5.41, 5.74) is 0.0596. The lowest BCUT2D eigenvalue weighted by atomic mass is 10.3. The van der Waals surface area contributed by atoms with Crippen molar-refractivity contribution in [2.75, 3.05) is 0 Å². The second-order valence-corrected chi connectivity index (χ2v) is 3.09. The molecule has 0 saturated heterocycles. The fourth-order valence-corrected chi connectivity index (χ4v) is 1.36. The van der Waals surface area contributed by atoms with Crippen molar-refractivity contribution in [1.29, 1.82) is 0 Å². The molecular formula is C9H7N3O3. The summed E-state index contributed by atoms with van der Waals surface area (Å²) in [6.07, 6.45) is 2.45. The number of aryl methyl sites for hydroxylation is 1. The third-order valence-corrected chi connectivity index (χ3v) is 2.11. The first-order chi connectivity index (χ1) is 7.11. The van der Waals surface area contributed by atoms with Gasteiger partial charge in [0.25, 0.3) is 0 Å². The lowest BCUT2D eigenvalue weighted by Crippen LogP contribution is -2.18. The zero-order valence-corrected chi connectivity index (χ0v) is 7.88. The first-order valence-electron chi connectivity index (χ1n) is 4.22. The number of rotatable bonds is 1. The summed E-state index contributed by atoms with van der Waals surface area (Å²) in [6, 6.07) is 3.43. The van der Waals surface area contributed by atoms with Gasteiger partial charge in [-0.15, -0.1) is 0 Å². The van der Waals surface area contributed by atoms with Crippen LogP contribution in [0.1, 0.15) is 5.56 Å². The van der Waals surface area contributed by atoms with Crippen LogP contribution in [0.2, 0.25) is 0 Å². The van der Waals surface area contributed by atoms with E-state index in [1.807, 2.05) is 0 Å². The molecule has 0 saturated carbocycles. The van der Waals surface area contributed by atoms with E-state index in [0.29, 0.717) is 5.65 Å². The van der Waals surface area contributed by atoms with Crippen LogP contribution in [0, 0.1) is 17.0 Å². The zero-order valence-electron chi connectivity index (χ0n) is 7.88. The molecule has 0 aliphatic carbocycles. The number of nitrogens with zero attached hydrogens (tertiary/aromatic N) is 3. The number of hydrogen-bond donors (Lipinski definition) is 0. The Bertz CT molecular complexity index is 603. The van der Waals surface area contributed by atoms with Gasteiger partial charge in [0.2, 0.25) is 0 Å². The molecule has 0 spiro atoms. The van der Waals surface area contributed by atoms with Crippen LogP contribution in [-0.2, 0) is 0 Å². The smallest absolute Gasteiger partial charge is 0.262 e. The van der Waals surface area contributed by atoms with Gasteiger partial charge in [0.1, 0.15) is 11.8 Å². The predicted molar refractivity (Wildman–Crippen MR) is 52.9 cm³/mol. The molecule has 0 aliphatic rings. The summed E-state index contributed by atoms with van der Waals surface area (Å²) < 4.78 is 1.17. The monoisotopic (exact) mass is 205 g/mol. The lowest BCUT2D eigenvalue weighted by molar-refractivity contribution is -0.386. The van der Waals surface area contributed by atoms with Gasteiger partial charge in [-0.2, -0.15) is 0 Å². The van der Waals surface area contributed by atoms with Gasteiger partial charge in [0, 0.05) is 6.20 Å².